The normalized spacial score (nSPS) is 18.6. The van der Waals surface area contributed by atoms with Gasteiger partial charge in [-0.3, -0.25) is 4.98 Å². The van der Waals surface area contributed by atoms with Gasteiger partial charge in [0.25, 0.3) is 0 Å². The Morgan fingerprint density at radius 2 is 1.90 bits per heavy atom. The van der Waals surface area contributed by atoms with Crippen LogP contribution in [0.4, 0.5) is 5.69 Å². The van der Waals surface area contributed by atoms with E-state index in [1.807, 2.05) is 42.6 Å². The van der Waals surface area contributed by atoms with E-state index in [0.29, 0.717) is 10.9 Å². The van der Waals surface area contributed by atoms with Crippen LogP contribution in [0.1, 0.15) is 29.2 Å². The van der Waals surface area contributed by atoms with Crippen LogP contribution in [0.2, 0.25) is 0 Å². The topological polar surface area (TPSA) is 51.5 Å². The second-order valence-electron chi connectivity index (χ2n) is 6.99. The smallest absolute Gasteiger partial charge is 0.174 e. The summed E-state index contributed by atoms with van der Waals surface area (Å²) in [6.07, 6.45) is 1.81. The summed E-state index contributed by atoms with van der Waals surface area (Å²) in [6, 6.07) is 15.8. The lowest BCUT2D eigenvalue weighted by molar-refractivity contribution is 0.394. The maximum atomic E-state index is 5.79. The lowest BCUT2D eigenvalue weighted by Gasteiger charge is -2.29. The van der Waals surface area contributed by atoms with Crippen LogP contribution in [0.3, 0.4) is 0 Å². The van der Waals surface area contributed by atoms with Gasteiger partial charge in [-0.25, -0.2) is 0 Å². The summed E-state index contributed by atoms with van der Waals surface area (Å²) >= 11 is 5.79. The Bertz CT molecular complexity index is 1030. The van der Waals surface area contributed by atoms with Crippen molar-refractivity contribution in [2.45, 2.75) is 19.0 Å². The quantitative estimate of drug-likeness (QED) is 0.646. The third kappa shape index (κ3) is 3.31. The van der Waals surface area contributed by atoms with Crippen LogP contribution >= 0.6 is 12.2 Å². The fourth-order valence-corrected chi connectivity index (χ4v) is 4.17. The summed E-state index contributed by atoms with van der Waals surface area (Å²) in [7, 11) is 5.37. The number of hydrogen-bond acceptors (Lipinski definition) is 4. The molecule has 3 heterocycles. The van der Waals surface area contributed by atoms with Gasteiger partial charge in [-0.15, -0.1) is 0 Å². The van der Waals surface area contributed by atoms with Gasteiger partial charge in [0.1, 0.15) is 17.5 Å². The number of ether oxygens (including phenoxy) is 2. The molecule has 0 spiro atoms. The summed E-state index contributed by atoms with van der Waals surface area (Å²) in [5, 5.41) is 4.11. The largest absolute Gasteiger partial charge is 0.497 e. The number of aromatic nitrogens is 2. The molecule has 0 aliphatic carbocycles. The maximum absolute atomic E-state index is 5.79. The highest BCUT2D eigenvalue weighted by Crippen LogP contribution is 2.45. The fraction of sp³-hybridized carbons (Fsp3) is 0.273. The molecule has 2 aromatic heterocycles. The molecule has 1 fully saturated rings. The average Bonchev–Trinajstić information content (AvgIpc) is 3.26. The maximum Gasteiger partial charge on any atom is 0.174 e. The molecule has 0 saturated carbocycles. The first-order valence-electron chi connectivity index (χ1n) is 9.40. The van der Waals surface area contributed by atoms with Crippen molar-refractivity contribution in [1.82, 2.24) is 14.9 Å². The van der Waals surface area contributed by atoms with E-state index in [-0.39, 0.29) is 12.1 Å². The minimum Gasteiger partial charge on any atom is -0.497 e. The van der Waals surface area contributed by atoms with Gasteiger partial charge in [-0.2, -0.15) is 0 Å². The third-order valence-corrected chi connectivity index (χ3v) is 5.77. The molecule has 6 nitrogen and oxygen atoms in total. The molecule has 1 aromatic carbocycles. The minimum absolute atomic E-state index is 0.0848. The monoisotopic (exact) mass is 408 g/mol. The number of methoxy groups -OCH3 is 2. The third-order valence-electron chi connectivity index (χ3n) is 5.46. The molecule has 4 rings (SSSR count). The zero-order chi connectivity index (χ0) is 20.5. The van der Waals surface area contributed by atoms with E-state index in [0.717, 1.165) is 22.8 Å². The van der Waals surface area contributed by atoms with Gasteiger partial charge in [0, 0.05) is 30.7 Å². The van der Waals surface area contributed by atoms with Gasteiger partial charge >= 0.3 is 0 Å². The number of benzene rings is 1. The number of hydrogen-bond donors (Lipinski definition) is 1. The van der Waals surface area contributed by atoms with E-state index in [4.69, 9.17) is 21.7 Å². The molecule has 150 valence electrons. The Labute approximate surface area is 176 Å². The Hall–Kier alpha value is -3.06. The van der Waals surface area contributed by atoms with Crippen molar-refractivity contribution in [2.24, 2.45) is 7.05 Å². The van der Waals surface area contributed by atoms with Gasteiger partial charge < -0.3 is 24.3 Å². The molecule has 1 aliphatic rings. The Kier molecular flexibility index (Phi) is 5.15. The highest BCUT2D eigenvalue weighted by Gasteiger charge is 2.43. The summed E-state index contributed by atoms with van der Waals surface area (Å²) < 4.78 is 13.2. The minimum atomic E-state index is -0.0940. The van der Waals surface area contributed by atoms with E-state index >= 15 is 0 Å². The van der Waals surface area contributed by atoms with Crippen LogP contribution in [0, 0.1) is 6.92 Å². The van der Waals surface area contributed by atoms with E-state index < -0.39 is 0 Å². The molecule has 1 N–H and O–H groups in total. The molecule has 0 radical (unpaired) electrons. The van der Waals surface area contributed by atoms with Crippen LogP contribution in [0.25, 0.3) is 0 Å². The molecule has 1 aliphatic heterocycles. The van der Waals surface area contributed by atoms with Crippen molar-refractivity contribution in [1.29, 1.82) is 0 Å². The van der Waals surface area contributed by atoms with Crippen molar-refractivity contribution >= 4 is 23.0 Å². The van der Waals surface area contributed by atoms with Crippen LogP contribution in [-0.2, 0) is 7.05 Å². The standard InChI is InChI=1S/C22H24N4O2S/c1-14-8-10-18(25(14)2)21-20(16-7-5-6-12-23-16)24-22(29)26(21)17-11-9-15(27-3)13-19(17)28-4/h5-13,20-21H,1-4H3,(H,24,29)/t20-,21+/m1/s1. The zero-order valence-corrected chi connectivity index (χ0v) is 17.7. The molecule has 1 saturated heterocycles. The molecule has 0 bridgehead atoms. The number of thiocarbonyl (C=S) groups is 1. The number of nitrogens with zero attached hydrogens (tertiary/aromatic N) is 3. The van der Waals surface area contributed by atoms with E-state index in [1.54, 1.807) is 14.2 Å². The number of aryl methyl sites for hydroxylation is 1. The second kappa shape index (κ2) is 7.75. The van der Waals surface area contributed by atoms with E-state index in [1.165, 1.54) is 5.69 Å². The molecule has 0 amide bonds. The van der Waals surface area contributed by atoms with Gasteiger partial charge in [-0.05, 0) is 55.5 Å². The highest BCUT2D eigenvalue weighted by molar-refractivity contribution is 7.80. The van der Waals surface area contributed by atoms with Crippen molar-refractivity contribution in [2.75, 3.05) is 19.1 Å². The molecule has 2 atom stereocenters. The van der Waals surface area contributed by atoms with E-state index in [2.05, 4.69) is 45.9 Å². The molecule has 7 heteroatoms. The SMILES string of the molecule is COc1ccc(N2C(=S)N[C@H](c3ccccn3)[C@@H]2c2ccc(C)n2C)c(OC)c1. The van der Waals surface area contributed by atoms with Crippen molar-refractivity contribution < 1.29 is 9.47 Å². The van der Waals surface area contributed by atoms with Crippen LogP contribution in [0.5, 0.6) is 11.5 Å². The van der Waals surface area contributed by atoms with Crippen LogP contribution in [-0.4, -0.2) is 28.9 Å². The van der Waals surface area contributed by atoms with Crippen molar-refractivity contribution in [3.05, 3.63) is 71.8 Å². The first-order valence-corrected chi connectivity index (χ1v) is 9.81. The fourth-order valence-electron chi connectivity index (χ4n) is 3.83. The first kappa shape index (κ1) is 19.3. The van der Waals surface area contributed by atoms with E-state index in [9.17, 15) is 0 Å². The Balaban J connectivity index is 1.88. The molecule has 29 heavy (non-hydrogen) atoms. The number of pyridine rings is 1. The van der Waals surface area contributed by atoms with Crippen molar-refractivity contribution in [3.63, 3.8) is 0 Å². The number of nitrogens with one attached hydrogen (secondary N) is 1. The lowest BCUT2D eigenvalue weighted by atomic mass is 10.0. The van der Waals surface area contributed by atoms with Gasteiger partial charge in [0.2, 0.25) is 0 Å². The average molecular weight is 409 g/mol. The molecule has 3 aromatic rings. The predicted molar refractivity (Wildman–Crippen MR) is 118 cm³/mol. The van der Waals surface area contributed by atoms with Crippen molar-refractivity contribution in [3.8, 4) is 11.5 Å². The first-order chi connectivity index (χ1) is 14.0. The summed E-state index contributed by atoms with van der Waals surface area (Å²) in [6.45, 7) is 2.10. The summed E-state index contributed by atoms with van der Waals surface area (Å²) in [5.74, 6) is 1.43. The van der Waals surface area contributed by atoms with Gasteiger partial charge in [-0.1, -0.05) is 6.07 Å². The Morgan fingerprint density at radius 3 is 2.52 bits per heavy atom. The predicted octanol–water partition coefficient (Wildman–Crippen LogP) is 3.92. The summed E-state index contributed by atoms with van der Waals surface area (Å²) in [5.41, 5.74) is 4.14. The highest BCUT2D eigenvalue weighted by atomic mass is 32.1. The lowest BCUT2D eigenvalue weighted by Crippen LogP contribution is -2.30. The number of rotatable bonds is 5. The molecule has 0 unspecified atom stereocenters. The van der Waals surface area contributed by atoms with Gasteiger partial charge in [0.15, 0.2) is 5.11 Å². The molecular weight excluding hydrogens is 384 g/mol. The second-order valence-corrected chi connectivity index (χ2v) is 7.38. The summed E-state index contributed by atoms with van der Waals surface area (Å²) in [4.78, 5) is 6.71. The molecular formula is C22H24N4O2S. The van der Waals surface area contributed by atoms with Crippen LogP contribution in [0.15, 0.2) is 54.7 Å². The van der Waals surface area contributed by atoms with Gasteiger partial charge in [0.05, 0.1) is 31.6 Å². The Morgan fingerprint density at radius 1 is 1.07 bits per heavy atom. The zero-order valence-electron chi connectivity index (χ0n) is 16.9. The number of anilines is 1. The van der Waals surface area contributed by atoms with Crippen LogP contribution < -0.4 is 19.7 Å².